The average Bonchev–Trinajstić information content (AvgIpc) is 2.56. The van der Waals surface area contributed by atoms with Crippen molar-refractivity contribution in [1.82, 2.24) is 5.43 Å². The third-order valence-corrected chi connectivity index (χ3v) is 3.05. The molecular weight excluding hydrogens is 290 g/mol. The Morgan fingerprint density at radius 1 is 1.22 bits per heavy atom. The first kappa shape index (κ1) is 16.2. The van der Waals surface area contributed by atoms with Gasteiger partial charge in [-0.25, -0.2) is 5.43 Å². The van der Waals surface area contributed by atoms with Crippen LogP contribution < -0.4 is 10.2 Å². The highest BCUT2D eigenvalue weighted by Crippen LogP contribution is 2.13. The van der Waals surface area contributed by atoms with Gasteiger partial charge in [0.2, 0.25) is 0 Å². The number of nitriles is 1. The van der Waals surface area contributed by atoms with Gasteiger partial charge >= 0.3 is 0 Å². The smallest absolute Gasteiger partial charge is 0.254 e. The van der Waals surface area contributed by atoms with Gasteiger partial charge in [-0.2, -0.15) is 10.4 Å². The molecule has 0 aliphatic carbocycles. The van der Waals surface area contributed by atoms with Crippen molar-refractivity contribution >= 4 is 12.1 Å². The number of amides is 1. The number of nitrogens with zero attached hydrogens (tertiary/aromatic N) is 2. The van der Waals surface area contributed by atoms with Crippen molar-refractivity contribution in [3.05, 3.63) is 65.2 Å². The first-order valence-corrected chi connectivity index (χ1v) is 7.14. The van der Waals surface area contributed by atoms with E-state index in [-0.39, 0.29) is 6.42 Å². The largest absolute Gasteiger partial charge is 0.489 e. The summed E-state index contributed by atoms with van der Waals surface area (Å²) in [6, 6.07) is 17.3. The maximum absolute atomic E-state index is 11.1. The Hall–Kier alpha value is -3.13. The lowest BCUT2D eigenvalue weighted by molar-refractivity contribution is -0.120. The minimum atomic E-state index is -0.429. The van der Waals surface area contributed by atoms with Crippen LogP contribution in [0.3, 0.4) is 0 Å². The predicted octanol–water partition coefficient (Wildman–Crippen LogP) is 2.94. The van der Waals surface area contributed by atoms with Crippen molar-refractivity contribution in [2.24, 2.45) is 5.10 Å². The summed E-state index contributed by atoms with van der Waals surface area (Å²) in [6.07, 6.45) is 1.31. The van der Waals surface area contributed by atoms with Crippen LogP contribution >= 0.6 is 0 Å². The molecule has 1 amide bonds. The van der Waals surface area contributed by atoms with Gasteiger partial charge in [0.1, 0.15) is 18.8 Å². The van der Waals surface area contributed by atoms with Crippen LogP contribution in [0, 0.1) is 18.3 Å². The van der Waals surface area contributed by atoms with E-state index in [4.69, 9.17) is 10.00 Å². The molecule has 0 aliphatic heterocycles. The van der Waals surface area contributed by atoms with Crippen molar-refractivity contribution in [2.45, 2.75) is 20.0 Å². The summed E-state index contributed by atoms with van der Waals surface area (Å²) in [6.45, 7) is 2.56. The van der Waals surface area contributed by atoms with Gasteiger partial charge in [-0.3, -0.25) is 4.79 Å². The molecule has 2 aromatic rings. The Morgan fingerprint density at radius 3 is 2.57 bits per heavy atom. The van der Waals surface area contributed by atoms with E-state index in [0.29, 0.717) is 6.61 Å². The number of carbonyl (C=O) groups excluding carboxylic acids is 1. The van der Waals surface area contributed by atoms with E-state index in [2.05, 4.69) is 22.7 Å². The molecule has 23 heavy (non-hydrogen) atoms. The minimum absolute atomic E-state index is 0.205. The summed E-state index contributed by atoms with van der Waals surface area (Å²) in [4.78, 5) is 11.1. The lowest BCUT2D eigenvalue weighted by atomic mass is 10.2. The van der Waals surface area contributed by atoms with E-state index >= 15 is 0 Å². The maximum Gasteiger partial charge on any atom is 0.254 e. The highest BCUT2D eigenvalue weighted by molar-refractivity contribution is 5.83. The van der Waals surface area contributed by atoms with Crippen molar-refractivity contribution in [3.8, 4) is 11.8 Å². The molecule has 0 aromatic heterocycles. The van der Waals surface area contributed by atoms with E-state index in [1.165, 1.54) is 11.8 Å². The second-order valence-electron chi connectivity index (χ2n) is 4.97. The average molecular weight is 307 g/mol. The van der Waals surface area contributed by atoms with Crippen LogP contribution in [-0.2, 0) is 11.4 Å². The summed E-state index contributed by atoms with van der Waals surface area (Å²) >= 11 is 0. The van der Waals surface area contributed by atoms with Crippen molar-refractivity contribution in [2.75, 3.05) is 0 Å². The molecule has 0 bridgehead atoms. The van der Waals surface area contributed by atoms with Crippen molar-refractivity contribution < 1.29 is 9.53 Å². The van der Waals surface area contributed by atoms with Crippen LogP contribution in [0.25, 0.3) is 0 Å². The summed E-state index contributed by atoms with van der Waals surface area (Å²) in [7, 11) is 0. The number of aryl methyl sites for hydroxylation is 1. The molecule has 116 valence electrons. The van der Waals surface area contributed by atoms with Gasteiger partial charge in [0.25, 0.3) is 5.91 Å². The fourth-order valence-electron chi connectivity index (χ4n) is 1.79. The van der Waals surface area contributed by atoms with Gasteiger partial charge in [0.15, 0.2) is 0 Å². The minimum Gasteiger partial charge on any atom is -0.489 e. The summed E-state index contributed by atoms with van der Waals surface area (Å²) in [5.74, 6) is 0.332. The molecule has 0 aliphatic rings. The van der Waals surface area contributed by atoms with Crippen LogP contribution in [-0.4, -0.2) is 12.1 Å². The quantitative estimate of drug-likeness (QED) is 0.658. The lowest BCUT2D eigenvalue weighted by Crippen LogP contribution is -2.16. The Balaban J connectivity index is 1.84. The van der Waals surface area contributed by atoms with E-state index in [9.17, 15) is 4.79 Å². The monoisotopic (exact) mass is 307 g/mol. The Kier molecular flexibility index (Phi) is 5.89. The number of hydrazone groups is 1. The van der Waals surface area contributed by atoms with Crippen LogP contribution in [0.1, 0.15) is 23.1 Å². The van der Waals surface area contributed by atoms with Gasteiger partial charge in [-0.05, 0) is 42.3 Å². The number of carbonyl (C=O) groups is 1. The zero-order valence-corrected chi connectivity index (χ0v) is 12.8. The van der Waals surface area contributed by atoms with Crippen LogP contribution in [0.5, 0.6) is 5.75 Å². The molecule has 2 aromatic carbocycles. The first-order chi connectivity index (χ1) is 11.2. The van der Waals surface area contributed by atoms with E-state index in [0.717, 1.165) is 16.9 Å². The molecule has 0 saturated carbocycles. The normalized spacial score (nSPS) is 10.3. The van der Waals surface area contributed by atoms with Gasteiger partial charge in [0, 0.05) is 0 Å². The van der Waals surface area contributed by atoms with Crippen molar-refractivity contribution in [3.63, 3.8) is 0 Å². The van der Waals surface area contributed by atoms with Gasteiger partial charge in [0.05, 0.1) is 12.3 Å². The number of hydrogen-bond donors (Lipinski definition) is 1. The topological polar surface area (TPSA) is 74.5 Å². The molecule has 0 atom stereocenters. The van der Waals surface area contributed by atoms with Gasteiger partial charge in [-0.1, -0.05) is 29.8 Å². The second-order valence-corrected chi connectivity index (χ2v) is 4.97. The number of ether oxygens (including phenoxy) is 1. The number of benzene rings is 2. The van der Waals surface area contributed by atoms with Crippen LogP contribution in [0.15, 0.2) is 53.6 Å². The zero-order chi connectivity index (χ0) is 16.5. The Labute approximate surface area is 135 Å². The van der Waals surface area contributed by atoms with E-state index in [1.54, 1.807) is 6.07 Å². The second kappa shape index (κ2) is 8.35. The third-order valence-electron chi connectivity index (χ3n) is 3.05. The molecular formula is C18H17N3O2. The Morgan fingerprint density at radius 2 is 1.91 bits per heavy atom. The molecule has 1 N–H and O–H groups in total. The maximum atomic E-state index is 11.1. The van der Waals surface area contributed by atoms with E-state index in [1.807, 2.05) is 43.3 Å². The zero-order valence-electron chi connectivity index (χ0n) is 12.8. The van der Waals surface area contributed by atoms with Crippen LogP contribution in [0.2, 0.25) is 0 Å². The third kappa shape index (κ3) is 5.64. The van der Waals surface area contributed by atoms with E-state index < -0.39 is 5.91 Å². The molecule has 0 unspecified atom stereocenters. The number of rotatable bonds is 6. The molecule has 0 fully saturated rings. The molecule has 0 spiro atoms. The molecule has 5 nitrogen and oxygen atoms in total. The SMILES string of the molecule is Cc1ccc(COc2ccc(/C=N\NC(=O)CC#N)cc2)cc1. The fraction of sp³-hybridized carbons (Fsp3) is 0.167. The molecule has 0 saturated heterocycles. The molecule has 2 rings (SSSR count). The molecule has 0 radical (unpaired) electrons. The van der Waals surface area contributed by atoms with Gasteiger partial charge < -0.3 is 4.74 Å². The highest BCUT2D eigenvalue weighted by Gasteiger charge is 1.98. The van der Waals surface area contributed by atoms with Gasteiger partial charge in [-0.15, -0.1) is 0 Å². The van der Waals surface area contributed by atoms with Crippen LogP contribution in [0.4, 0.5) is 0 Å². The molecule has 5 heteroatoms. The number of hydrogen-bond acceptors (Lipinski definition) is 4. The Bertz CT molecular complexity index is 713. The number of nitrogens with one attached hydrogen (secondary N) is 1. The predicted molar refractivity (Wildman–Crippen MR) is 87.9 cm³/mol. The lowest BCUT2D eigenvalue weighted by Gasteiger charge is -2.06. The summed E-state index contributed by atoms with van der Waals surface area (Å²) in [5.41, 5.74) is 5.43. The van der Waals surface area contributed by atoms with Crippen molar-refractivity contribution in [1.29, 1.82) is 5.26 Å². The molecule has 0 heterocycles. The summed E-state index contributed by atoms with van der Waals surface area (Å²) < 4.78 is 5.71. The standard InChI is InChI=1S/C18H17N3O2/c1-14-2-4-16(5-3-14)13-23-17-8-6-15(7-9-17)12-20-21-18(22)10-11-19/h2-9,12H,10,13H2,1H3,(H,21,22)/b20-12-. The first-order valence-electron chi connectivity index (χ1n) is 7.14. The fourth-order valence-corrected chi connectivity index (χ4v) is 1.79. The highest BCUT2D eigenvalue weighted by atomic mass is 16.5. The summed E-state index contributed by atoms with van der Waals surface area (Å²) in [5, 5.41) is 12.1.